The van der Waals surface area contributed by atoms with E-state index in [1.807, 2.05) is 37.3 Å². The molecule has 1 aliphatic carbocycles. The largest absolute Gasteiger partial charge is 0.334 e. The van der Waals surface area contributed by atoms with Crippen LogP contribution in [-0.2, 0) is 24.4 Å². The zero-order valence-corrected chi connectivity index (χ0v) is 19.5. The minimum absolute atomic E-state index is 0.0760. The third-order valence-electron chi connectivity index (χ3n) is 6.32. The Kier molecular flexibility index (Phi) is 6.84. The summed E-state index contributed by atoms with van der Waals surface area (Å²) >= 11 is 6.13. The molecule has 0 radical (unpaired) electrons. The Morgan fingerprint density at radius 1 is 1.12 bits per heavy atom. The maximum Gasteiger partial charge on any atom is 0.315 e. The Labute approximate surface area is 199 Å². The van der Waals surface area contributed by atoms with Crippen molar-refractivity contribution in [3.8, 4) is 0 Å². The molecule has 3 amide bonds. The highest BCUT2D eigenvalue weighted by molar-refractivity contribution is 6.31. The van der Waals surface area contributed by atoms with Crippen LogP contribution in [0.15, 0.2) is 48.6 Å². The Bertz CT molecular complexity index is 1130. The van der Waals surface area contributed by atoms with E-state index >= 15 is 0 Å². The Morgan fingerprint density at radius 2 is 1.82 bits per heavy atom. The lowest BCUT2D eigenvalue weighted by molar-refractivity contribution is -0.122. The van der Waals surface area contributed by atoms with Crippen LogP contribution in [0.25, 0.3) is 0 Å². The first-order valence-corrected chi connectivity index (χ1v) is 11.6. The number of nitrogens with zero attached hydrogens (tertiary/aromatic N) is 1. The van der Waals surface area contributed by atoms with E-state index in [1.54, 1.807) is 11.0 Å². The molecule has 0 bridgehead atoms. The number of benzene rings is 2. The molecule has 1 aliphatic heterocycles. The number of nitrogens with one attached hydrogen (secondary N) is 2. The van der Waals surface area contributed by atoms with Crippen LogP contribution in [0.2, 0.25) is 5.02 Å². The maximum absolute atomic E-state index is 12.9. The molecular weight excluding hydrogens is 438 g/mol. The summed E-state index contributed by atoms with van der Waals surface area (Å²) in [6.45, 7) is 7.03. The van der Waals surface area contributed by atoms with E-state index in [0.717, 1.165) is 40.7 Å². The molecule has 0 aromatic heterocycles. The van der Waals surface area contributed by atoms with Crippen molar-refractivity contribution in [3.05, 3.63) is 81.4 Å². The quantitative estimate of drug-likeness (QED) is 0.497. The molecule has 2 aliphatic rings. The molecule has 6 nitrogen and oxygen atoms in total. The molecule has 1 saturated carbocycles. The Morgan fingerprint density at radius 3 is 2.55 bits per heavy atom. The number of hydrogen-bond acceptors (Lipinski definition) is 3. The van der Waals surface area contributed by atoms with E-state index < -0.39 is 0 Å². The van der Waals surface area contributed by atoms with Gasteiger partial charge < -0.3 is 15.5 Å². The molecule has 2 N–H and O–H groups in total. The predicted octanol–water partition coefficient (Wildman–Crippen LogP) is 4.67. The van der Waals surface area contributed by atoms with E-state index in [-0.39, 0.29) is 23.8 Å². The van der Waals surface area contributed by atoms with Crippen molar-refractivity contribution in [1.29, 1.82) is 0 Å². The molecule has 33 heavy (non-hydrogen) atoms. The van der Waals surface area contributed by atoms with Gasteiger partial charge in [0.2, 0.25) is 0 Å². The summed E-state index contributed by atoms with van der Waals surface area (Å²) in [7, 11) is 0. The molecule has 0 spiro atoms. The van der Waals surface area contributed by atoms with Gasteiger partial charge in [-0.2, -0.15) is 0 Å². The fraction of sp³-hybridized carbons (Fsp3) is 0.346. The molecule has 0 saturated heterocycles. The third-order valence-corrected chi connectivity index (χ3v) is 6.73. The molecular formula is C26H28ClN3O3. The van der Waals surface area contributed by atoms with Crippen molar-refractivity contribution < 1.29 is 14.4 Å². The number of Topliss-reactive ketones (excluding diaryl/α,β-unsaturated/α-hetero) is 1. The van der Waals surface area contributed by atoms with Gasteiger partial charge in [-0.3, -0.25) is 9.59 Å². The second-order valence-corrected chi connectivity index (χ2v) is 9.25. The number of urea groups is 1. The molecule has 1 atom stereocenters. The summed E-state index contributed by atoms with van der Waals surface area (Å²) < 4.78 is 0. The van der Waals surface area contributed by atoms with Crippen molar-refractivity contribution in [2.24, 2.45) is 0 Å². The second kappa shape index (κ2) is 9.79. The average molecular weight is 466 g/mol. The van der Waals surface area contributed by atoms with E-state index in [4.69, 9.17) is 11.6 Å². The number of allylic oxidation sites excluding steroid dienone is 1. The summed E-state index contributed by atoms with van der Waals surface area (Å²) in [5.74, 6) is -0.0167. The first-order valence-electron chi connectivity index (χ1n) is 11.2. The molecule has 7 heteroatoms. The van der Waals surface area contributed by atoms with Crippen LogP contribution in [-0.4, -0.2) is 28.7 Å². The fourth-order valence-electron chi connectivity index (χ4n) is 4.42. The van der Waals surface area contributed by atoms with Crippen LogP contribution in [0.5, 0.6) is 0 Å². The van der Waals surface area contributed by atoms with Crippen LogP contribution in [0, 0.1) is 6.92 Å². The van der Waals surface area contributed by atoms with Crippen LogP contribution in [0.3, 0.4) is 0 Å². The van der Waals surface area contributed by atoms with Crippen LogP contribution < -0.4 is 10.6 Å². The molecule has 172 valence electrons. The van der Waals surface area contributed by atoms with Crippen LogP contribution in [0.1, 0.15) is 58.3 Å². The van der Waals surface area contributed by atoms with E-state index in [9.17, 15) is 14.4 Å². The van der Waals surface area contributed by atoms with Gasteiger partial charge in [-0.1, -0.05) is 48.0 Å². The first-order chi connectivity index (χ1) is 15.8. The van der Waals surface area contributed by atoms with Gasteiger partial charge in [0.15, 0.2) is 5.78 Å². The standard InChI is InChI=1S/C26H28ClN3O3/c1-16-4-3-5-23(24(31)10-16)30-15-20-11-18(8-9-21(20)25(30)32)13-28-26(33)29-14-19-7-6-17(2)22(27)12-19/h6-9,11-12,23H,1,3-5,10,13-15H2,2H3,(H2,28,29,33). The number of carbonyl (C=O) groups is 3. The van der Waals surface area contributed by atoms with E-state index in [0.29, 0.717) is 43.1 Å². The van der Waals surface area contributed by atoms with Gasteiger partial charge in [0.1, 0.15) is 0 Å². The van der Waals surface area contributed by atoms with Crippen molar-refractivity contribution in [2.45, 2.75) is 58.3 Å². The zero-order valence-electron chi connectivity index (χ0n) is 18.7. The summed E-state index contributed by atoms with van der Waals surface area (Å²) in [5.41, 5.74) is 5.29. The summed E-state index contributed by atoms with van der Waals surface area (Å²) in [6, 6.07) is 10.6. The first kappa shape index (κ1) is 23.1. The molecule has 4 rings (SSSR count). The van der Waals surface area contributed by atoms with E-state index in [1.165, 1.54) is 0 Å². The maximum atomic E-state index is 12.9. The fourth-order valence-corrected chi connectivity index (χ4v) is 4.62. The van der Waals surface area contributed by atoms with Gasteiger partial charge in [-0.25, -0.2) is 4.79 Å². The monoisotopic (exact) mass is 465 g/mol. The van der Waals surface area contributed by atoms with Gasteiger partial charge in [0, 0.05) is 36.6 Å². The molecule has 1 fully saturated rings. The van der Waals surface area contributed by atoms with Gasteiger partial charge in [0.25, 0.3) is 5.91 Å². The minimum atomic E-state index is -0.383. The summed E-state index contributed by atoms with van der Waals surface area (Å²) in [4.78, 5) is 39.5. The highest BCUT2D eigenvalue weighted by atomic mass is 35.5. The number of aryl methyl sites for hydroxylation is 1. The number of hydrogen-bond donors (Lipinski definition) is 2. The number of fused-ring (bicyclic) bond motifs is 1. The van der Waals surface area contributed by atoms with Gasteiger partial charge in [-0.15, -0.1) is 0 Å². The Balaban J connectivity index is 1.34. The molecule has 1 unspecified atom stereocenters. The number of halogens is 1. The van der Waals surface area contributed by atoms with Crippen LogP contribution >= 0.6 is 11.6 Å². The molecule has 2 aromatic rings. The number of ketones is 1. The molecule has 1 heterocycles. The van der Waals surface area contributed by atoms with Gasteiger partial charge in [0.05, 0.1) is 6.04 Å². The lowest BCUT2D eigenvalue weighted by Gasteiger charge is -2.25. The molecule has 2 aromatic carbocycles. The minimum Gasteiger partial charge on any atom is -0.334 e. The van der Waals surface area contributed by atoms with E-state index in [2.05, 4.69) is 17.2 Å². The van der Waals surface area contributed by atoms with Gasteiger partial charge in [-0.05, 0) is 60.6 Å². The third kappa shape index (κ3) is 5.28. The summed E-state index contributed by atoms with van der Waals surface area (Å²) in [6.07, 6.45) is 2.74. The predicted molar refractivity (Wildman–Crippen MR) is 128 cm³/mol. The second-order valence-electron chi connectivity index (χ2n) is 8.85. The average Bonchev–Trinajstić information content (AvgIpc) is 3.00. The van der Waals surface area contributed by atoms with Crippen molar-refractivity contribution >= 4 is 29.3 Å². The smallest absolute Gasteiger partial charge is 0.315 e. The summed E-state index contributed by atoms with van der Waals surface area (Å²) in [5, 5.41) is 6.34. The highest BCUT2D eigenvalue weighted by Gasteiger charge is 2.36. The zero-order chi connectivity index (χ0) is 23.5. The SMILES string of the molecule is C=C1CCCC(N2Cc3cc(CNC(=O)NCc4ccc(C)c(Cl)c4)ccc3C2=O)C(=O)C1. The van der Waals surface area contributed by atoms with Crippen molar-refractivity contribution in [1.82, 2.24) is 15.5 Å². The topological polar surface area (TPSA) is 78.5 Å². The number of amides is 3. The van der Waals surface area contributed by atoms with Gasteiger partial charge >= 0.3 is 6.03 Å². The number of rotatable bonds is 5. The lowest BCUT2D eigenvalue weighted by atomic mass is 10.1. The van der Waals surface area contributed by atoms with Crippen LogP contribution in [0.4, 0.5) is 4.79 Å². The highest BCUT2D eigenvalue weighted by Crippen LogP contribution is 2.30. The van der Waals surface area contributed by atoms with Crippen molar-refractivity contribution in [3.63, 3.8) is 0 Å². The lowest BCUT2D eigenvalue weighted by Crippen LogP contribution is -2.40. The Hall–Kier alpha value is -3.12. The van der Waals surface area contributed by atoms with Crippen molar-refractivity contribution in [2.75, 3.05) is 0 Å². The number of carbonyl (C=O) groups excluding carboxylic acids is 3. The normalized spacial score (nSPS) is 18.2.